The van der Waals surface area contributed by atoms with E-state index in [1.54, 1.807) is 11.8 Å². The zero-order chi connectivity index (χ0) is 14.0. The maximum atomic E-state index is 11.9. The third-order valence-corrected chi connectivity index (χ3v) is 4.31. The van der Waals surface area contributed by atoms with E-state index in [4.69, 9.17) is 0 Å². The van der Waals surface area contributed by atoms with Gasteiger partial charge >= 0.3 is 0 Å². The van der Waals surface area contributed by atoms with Crippen LogP contribution in [0.15, 0.2) is 38.4 Å². The number of H-pyrrole nitrogens is 1. The smallest absolute Gasteiger partial charge is 0.265 e. The van der Waals surface area contributed by atoms with Crippen molar-refractivity contribution in [2.75, 3.05) is 6.26 Å². The van der Waals surface area contributed by atoms with E-state index in [0.717, 1.165) is 11.3 Å². The number of nitrogens with zero attached hydrogens (tertiary/aromatic N) is 1. The summed E-state index contributed by atoms with van der Waals surface area (Å²) in [6.45, 7) is 4.04. The van der Waals surface area contributed by atoms with Crippen molar-refractivity contribution < 1.29 is 0 Å². The first-order chi connectivity index (χ1) is 9.02. The van der Waals surface area contributed by atoms with Crippen LogP contribution in [0.3, 0.4) is 0 Å². The van der Waals surface area contributed by atoms with Crippen LogP contribution < -0.4 is 5.56 Å². The fraction of sp³-hybridized carbons (Fsp3) is 0.286. The van der Waals surface area contributed by atoms with E-state index in [1.165, 1.54) is 4.90 Å². The number of halogens is 1. The van der Waals surface area contributed by atoms with Gasteiger partial charge in [0.2, 0.25) is 0 Å². The SMILES string of the molecule is CSc1ccc(-c2nc(C(C)C)c(Br)c(=O)[nH]2)cc1. The van der Waals surface area contributed by atoms with E-state index >= 15 is 0 Å². The summed E-state index contributed by atoms with van der Waals surface area (Å²) in [5, 5.41) is 0. The topological polar surface area (TPSA) is 45.8 Å². The van der Waals surface area contributed by atoms with Crippen LogP contribution in [0.2, 0.25) is 0 Å². The molecule has 19 heavy (non-hydrogen) atoms. The summed E-state index contributed by atoms with van der Waals surface area (Å²) in [5.41, 5.74) is 1.57. The molecule has 0 aliphatic rings. The molecule has 0 radical (unpaired) electrons. The molecule has 0 aliphatic heterocycles. The maximum Gasteiger partial charge on any atom is 0.265 e. The van der Waals surface area contributed by atoms with Crippen LogP contribution in [0, 0.1) is 0 Å². The van der Waals surface area contributed by atoms with E-state index in [9.17, 15) is 4.79 Å². The lowest BCUT2D eigenvalue weighted by Gasteiger charge is -2.09. The third-order valence-electron chi connectivity index (χ3n) is 2.80. The highest BCUT2D eigenvalue weighted by Gasteiger charge is 2.13. The second kappa shape index (κ2) is 5.92. The molecule has 1 aromatic carbocycles. The molecule has 0 unspecified atom stereocenters. The summed E-state index contributed by atoms with van der Waals surface area (Å²) < 4.78 is 0.520. The molecule has 2 rings (SSSR count). The van der Waals surface area contributed by atoms with Gasteiger partial charge in [0.15, 0.2) is 0 Å². The summed E-state index contributed by atoms with van der Waals surface area (Å²) in [4.78, 5) is 20.5. The molecule has 0 spiro atoms. The minimum absolute atomic E-state index is 0.136. The van der Waals surface area contributed by atoms with Crippen LogP contribution in [0.25, 0.3) is 11.4 Å². The molecule has 0 saturated carbocycles. The standard InChI is InChI=1S/C14H15BrN2OS/c1-8(2)12-11(15)14(18)17-13(16-12)9-4-6-10(19-3)7-5-9/h4-8H,1-3H3,(H,16,17,18). The Morgan fingerprint density at radius 3 is 2.42 bits per heavy atom. The molecule has 2 aromatic rings. The predicted molar refractivity (Wildman–Crippen MR) is 83.9 cm³/mol. The van der Waals surface area contributed by atoms with Crippen molar-refractivity contribution in [3.63, 3.8) is 0 Å². The number of aromatic nitrogens is 2. The molecule has 0 fully saturated rings. The minimum Gasteiger partial charge on any atom is -0.306 e. The van der Waals surface area contributed by atoms with Crippen LogP contribution in [0.5, 0.6) is 0 Å². The molecule has 100 valence electrons. The second-order valence-electron chi connectivity index (χ2n) is 4.50. The maximum absolute atomic E-state index is 11.9. The second-order valence-corrected chi connectivity index (χ2v) is 6.17. The molecule has 1 heterocycles. The highest BCUT2D eigenvalue weighted by Crippen LogP contribution is 2.24. The average molecular weight is 339 g/mol. The number of hydrogen-bond donors (Lipinski definition) is 1. The largest absolute Gasteiger partial charge is 0.306 e. The fourth-order valence-corrected chi connectivity index (χ4v) is 2.80. The molecule has 0 saturated heterocycles. The Hall–Kier alpha value is -1.07. The van der Waals surface area contributed by atoms with Gasteiger partial charge in [0, 0.05) is 10.5 Å². The van der Waals surface area contributed by atoms with Crippen LogP contribution in [-0.2, 0) is 0 Å². The Kier molecular flexibility index (Phi) is 4.47. The van der Waals surface area contributed by atoms with E-state index < -0.39 is 0 Å². The molecule has 0 amide bonds. The number of benzene rings is 1. The molecule has 3 nitrogen and oxygen atoms in total. The first kappa shape index (κ1) is 14.3. The first-order valence-corrected chi connectivity index (χ1v) is 7.99. The van der Waals surface area contributed by atoms with Gasteiger partial charge in [0.05, 0.1) is 5.69 Å². The number of nitrogens with one attached hydrogen (secondary N) is 1. The molecule has 1 aromatic heterocycles. The van der Waals surface area contributed by atoms with Crippen LogP contribution in [-0.4, -0.2) is 16.2 Å². The Bertz CT molecular complexity index is 635. The summed E-state index contributed by atoms with van der Waals surface area (Å²) in [5.74, 6) is 0.811. The van der Waals surface area contributed by atoms with Gasteiger partial charge in [0.1, 0.15) is 10.3 Å². The van der Waals surface area contributed by atoms with Gasteiger partial charge in [-0.3, -0.25) is 4.79 Å². The van der Waals surface area contributed by atoms with Crippen molar-refractivity contribution in [2.45, 2.75) is 24.7 Å². The minimum atomic E-state index is -0.136. The van der Waals surface area contributed by atoms with Gasteiger partial charge in [-0.2, -0.15) is 0 Å². The summed E-state index contributed by atoms with van der Waals surface area (Å²) in [7, 11) is 0. The van der Waals surface area contributed by atoms with Crippen molar-refractivity contribution in [3.05, 3.63) is 44.8 Å². The Morgan fingerprint density at radius 1 is 1.26 bits per heavy atom. The van der Waals surface area contributed by atoms with E-state index in [-0.39, 0.29) is 11.5 Å². The van der Waals surface area contributed by atoms with Crippen LogP contribution >= 0.6 is 27.7 Å². The van der Waals surface area contributed by atoms with E-state index in [1.807, 2.05) is 44.4 Å². The first-order valence-electron chi connectivity index (χ1n) is 5.97. The van der Waals surface area contributed by atoms with Gasteiger partial charge in [-0.1, -0.05) is 26.0 Å². The Morgan fingerprint density at radius 2 is 1.89 bits per heavy atom. The number of hydrogen-bond acceptors (Lipinski definition) is 3. The molecular formula is C14H15BrN2OS. The van der Waals surface area contributed by atoms with Gasteiger partial charge in [-0.15, -0.1) is 11.8 Å². The zero-order valence-corrected chi connectivity index (χ0v) is 13.4. The van der Waals surface area contributed by atoms with Gasteiger partial charge in [0.25, 0.3) is 5.56 Å². The van der Waals surface area contributed by atoms with Crippen LogP contribution in [0.1, 0.15) is 25.5 Å². The lowest BCUT2D eigenvalue weighted by atomic mass is 10.1. The summed E-state index contributed by atoms with van der Waals surface area (Å²) >= 11 is 4.99. The van der Waals surface area contributed by atoms with Crippen molar-refractivity contribution in [1.82, 2.24) is 9.97 Å². The molecule has 0 aliphatic carbocycles. The molecule has 1 N–H and O–H groups in total. The molecular weight excluding hydrogens is 324 g/mol. The third kappa shape index (κ3) is 3.09. The lowest BCUT2D eigenvalue weighted by molar-refractivity contribution is 0.803. The quantitative estimate of drug-likeness (QED) is 0.859. The number of thioether (sulfide) groups is 1. The highest BCUT2D eigenvalue weighted by atomic mass is 79.9. The van der Waals surface area contributed by atoms with E-state index in [0.29, 0.717) is 10.3 Å². The summed E-state index contributed by atoms with van der Waals surface area (Å²) in [6, 6.07) is 8.00. The normalized spacial score (nSPS) is 11.0. The molecule has 0 atom stereocenters. The summed E-state index contributed by atoms with van der Waals surface area (Å²) in [6.07, 6.45) is 2.03. The molecule has 0 bridgehead atoms. The predicted octanol–water partition coefficient (Wildman–Crippen LogP) is 4.04. The van der Waals surface area contributed by atoms with Crippen LogP contribution in [0.4, 0.5) is 0 Å². The van der Waals surface area contributed by atoms with E-state index in [2.05, 4.69) is 25.9 Å². The lowest BCUT2D eigenvalue weighted by Crippen LogP contribution is -2.14. The van der Waals surface area contributed by atoms with Gasteiger partial charge < -0.3 is 4.98 Å². The fourth-order valence-electron chi connectivity index (χ4n) is 1.74. The van der Waals surface area contributed by atoms with Gasteiger partial charge in [-0.25, -0.2) is 4.98 Å². The van der Waals surface area contributed by atoms with Crippen molar-refractivity contribution in [3.8, 4) is 11.4 Å². The van der Waals surface area contributed by atoms with Gasteiger partial charge in [-0.05, 0) is 40.2 Å². The Balaban J connectivity index is 2.53. The number of aromatic amines is 1. The average Bonchev–Trinajstić information content (AvgIpc) is 2.41. The molecule has 5 heteroatoms. The highest BCUT2D eigenvalue weighted by molar-refractivity contribution is 9.10. The van der Waals surface area contributed by atoms with Crippen molar-refractivity contribution in [2.24, 2.45) is 0 Å². The van der Waals surface area contributed by atoms with Crippen molar-refractivity contribution >= 4 is 27.7 Å². The van der Waals surface area contributed by atoms with Crippen molar-refractivity contribution in [1.29, 1.82) is 0 Å². The Labute approximate surface area is 125 Å². The monoisotopic (exact) mass is 338 g/mol. The number of rotatable bonds is 3. The zero-order valence-electron chi connectivity index (χ0n) is 11.0.